The van der Waals surface area contributed by atoms with Crippen LogP contribution in [0.5, 0.6) is 0 Å². The number of hydrogen-bond acceptors (Lipinski definition) is 3. The maximum atomic E-state index is 12.2. The maximum absolute atomic E-state index is 12.2. The second-order valence-electron chi connectivity index (χ2n) is 7.71. The van der Waals surface area contributed by atoms with E-state index >= 15 is 0 Å². The molecule has 0 aromatic heterocycles. The summed E-state index contributed by atoms with van der Waals surface area (Å²) in [6.07, 6.45) is 6.76. The minimum Gasteiger partial charge on any atom is -0.378 e. The van der Waals surface area contributed by atoms with Crippen LogP contribution < -0.4 is 15.5 Å². The summed E-state index contributed by atoms with van der Waals surface area (Å²) in [5, 5.41) is 5.77. The molecular weight excluding hydrogens is 340 g/mol. The van der Waals surface area contributed by atoms with E-state index in [2.05, 4.69) is 10.6 Å². The fourth-order valence-corrected chi connectivity index (χ4v) is 3.48. The van der Waals surface area contributed by atoms with Gasteiger partial charge in [-0.25, -0.2) is 4.79 Å². The zero-order chi connectivity index (χ0) is 19.6. The Kier molecular flexibility index (Phi) is 8.43. The van der Waals surface area contributed by atoms with Gasteiger partial charge in [-0.1, -0.05) is 31.4 Å². The van der Waals surface area contributed by atoms with Gasteiger partial charge in [0.2, 0.25) is 5.91 Å². The molecule has 1 aliphatic rings. The third-order valence-corrected chi connectivity index (χ3v) is 5.14. The molecule has 6 heteroatoms. The van der Waals surface area contributed by atoms with Crippen LogP contribution in [-0.2, 0) is 11.3 Å². The molecule has 2 N–H and O–H groups in total. The molecule has 150 valence electrons. The summed E-state index contributed by atoms with van der Waals surface area (Å²) in [6, 6.07) is 8.02. The molecule has 0 atom stereocenters. The van der Waals surface area contributed by atoms with Gasteiger partial charge in [-0.2, -0.15) is 0 Å². The molecule has 2 rings (SSSR count). The predicted molar refractivity (Wildman–Crippen MR) is 110 cm³/mol. The molecule has 3 amide bonds. The van der Waals surface area contributed by atoms with E-state index in [4.69, 9.17) is 0 Å². The summed E-state index contributed by atoms with van der Waals surface area (Å²) < 4.78 is 0. The molecule has 0 radical (unpaired) electrons. The van der Waals surface area contributed by atoms with Gasteiger partial charge in [0.1, 0.15) is 0 Å². The van der Waals surface area contributed by atoms with E-state index in [1.807, 2.05) is 43.3 Å². The van der Waals surface area contributed by atoms with Crippen molar-refractivity contribution in [2.24, 2.45) is 5.92 Å². The summed E-state index contributed by atoms with van der Waals surface area (Å²) in [5.41, 5.74) is 2.22. The molecule has 0 saturated heterocycles. The second kappa shape index (κ2) is 10.8. The van der Waals surface area contributed by atoms with Gasteiger partial charge < -0.3 is 20.4 Å². The van der Waals surface area contributed by atoms with Crippen molar-refractivity contribution in [3.8, 4) is 0 Å². The highest BCUT2D eigenvalue weighted by atomic mass is 16.2. The lowest BCUT2D eigenvalue weighted by molar-refractivity contribution is -0.122. The Bertz CT molecular complexity index is 595. The van der Waals surface area contributed by atoms with Gasteiger partial charge in [0.15, 0.2) is 0 Å². The van der Waals surface area contributed by atoms with E-state index in [1.54, 1.807) is 11.9 Å². The summed E-state index contributed by atoms with van der Waals surface area (Å²) in [5.74, 6) is 0.642. The largest absolute Gasteiger partial charge is 0.378 e. The second-order valence-corrected chi connectivity index (χ2v) is 7.71. The van der Waals surface area contributed by atoms with Crippen LogP contribution in [0.3, 0.4) is 0 Å². The first kappa shape index (κ1) is 21.1. The minimum atomic E-state index is -0.131. The summed E-state index contributed by atoms with van der Waals surface area (Å²) >= 11 is 0. The van der Waals surface area contributed by atoms with Crippen molar-refractivity contribution in [2.45, 2.75) is 45.1 Å². The molecule has 1 aromatic carbocycles. The minimum absolute atomic E-state index is 0.102. The number of anilines is 1. The van der Waals surface area contributed by atoms with Crippen molar-refractivity contribution in [2.75, 3.05) is 39.1 Å². The molecule has 1 saturated carbocycles. The number of rotatable bonds is 8. The monoisotopic (exact) mass is 374 g/mol. The smallest absolute Gasteiger partial charge is 0.317 e. The number of amides is 3. The molecule has 0 heterocycles. The number of urea groups is 1. The topological polar surface area (TPSA) is 64.7 Å². The highest BCUT2D eigenvalue weighted by Gasteiger charge is 2.16. The Labute approximate surface area is 163 Å². The van der Waals surface area contributed by atoms with Gasteiger partial charge in [0.05, 0.1) is 0 Å². The number of carbonyl (C=O) groups excluding carboxylic acids is 2. The summed E-state index contributed by atoms with van der Waals surface area (Å²) in [4.78, 5) is 27.8. The zero-order valence-corrected chi connectivity index (χ0v) is 17.0. The molecule has 1 aromatic rings. The van der Waals surface area contributed by atoms with Gasteiger partial charge in [0, 0.05) is 52.9 Å². The van der Waals surface area contributed by atoms with E-state index < -0.39 is 0 Å². The van der Waals surface area contributed by atoms with Gasteiger partial charge in [-0.05, 0) is 36.5 Å². The van der Waals surface area contributed by atoms with Crippen molar-refractivity contribution in [3.05, 3.63) is 29.8 Å². The summed E-state index contributed by atoms with van der Waals surface area (Å²) in [6.45, 7) is 1.47. The van der Waals surface area contributed by atoms with Crippen LogP contribution in [0.15, 0.2) is 24.3 Å². The van der Waals surface area contributed by atoms with Gasteiger partial charge in [-0.15, -0.1) is 0 Å². The van der Waals surface area contributed by atoms with Gasteiger partial charge >= 0.3 is 6.03 Å². The molecule has 0 spiro atoms. The average Bonchev–Trinajstić information content (AvgIpc) is 2.66. The quantitative estimate of drug-likeness (QED) is 0.688. The number of nitrogens with one attached hydrogen (secondary N) is 2. The number of hydrogen-bond donors (Lipinski definition) is 2. The van der Waals surface area contributed by atoms with Crippen molar-refractivity contribution in [3.63, 3.8) is 0 Å². The Hall–Kier alpha value is -2.24. The third-order valence-electron chi connectivity index (χ3n) is 5.14. The molecule has 0 bridgehead atoms. The van der Waals surface area contributed by atoms with Crippen LogP contribution in [0.2, 0.25) is 0 Å². The van der Waals surface area contributed by atoms with E-state index in [0.29, 0.717) is 32.0 Å². The van der Waals surface area contributed by atoms with Crippen molar-refractivity contribution in [1.82, 2.24) is 15.5 Å². The van der Waals surface area contributed by atoms with Crippen molar-refractivity contribution >= 4 is 17.6 Å². The number of nitrogens with zero attached hydrogens (tertiary/aromatic N) is 2. The van der Waals surface area contributed by atoms with Crippen LogP contribution in [0, 0.1) is 5.92 Å². The molecular formula is C21H34N4O2. The lowest BCUT2D eigenvalue weighted by Gasteiger charge is -2.21. The first-order chi connectivity index (χ1) is 13.0. The Morgan fingerprint density at radius 2 is 1.59 bits per heavy atom. The first-order valence-electron chi connectivity index (χ1n) is 9.97. The highest BCUT2D eigenvalue weighted by molar-refractivity contribution is 5.76. The molecule has 0 unspecified atom stereocenters. The van der Waals surface area contributed by atoms with E-state index in [0.717, 1.165) is 11.3 Å². The van der Waals surface area contributed by atoms with Gasteiger partial charge in [0.25, 0.3) is 0 Å². The van der Waals surface area contributed by atoms with Gasteiger partial charge in [-0.3, -0.25) is 4.79 Å². The average molecular weight is 375 g/mol. The van der Waals surface area contributed by atoms with Crippen molar-refractivity contribution in [1.29, 1.82) is 0 Å². The Morgan fingerprint density at radius 3 is 2.22 bits per heavy atom. The normalized spacial score (nSPS) is 14.5. The molecule has 1 aliphatic carbocycles. The number of benzene rings is 1. The third kappa shape index (κ3) is 7.49. The predicted octanol–water partition coefficient (Wildman–Crippen LogP) is 2.98. The van der Waals surface area contributed by atoms with E-state index in [9.17, 15) is 9.59 Å². The molecule has 1 fully saturated rings. The molecule has 6 nitrogen and oxygen atoms in total. The highest BCUT2D eigenvalue weighted by Crippen LogP contribution is 2.25. The lowest BCUT2D eigenvalue weighted by atomic mass is 9.87. The van der Waals surface area contributed by atoms with E-state index in [1.165, 1.54) is 32.1 Å². The fourth-order valence-electron chi connectivity index (χ4n) is 3.48. The maximum Gasteiger partial charge on any atom is 0.317 e. The molecule has 0 aliphatic heterocycles. The SMILES string of the molecule is CN(Cc1ccc(N(C)C)cc1)C(=O)NCCNC(=O)CC1CCCCC1. The van der Waals surface area contributed by atoms with Crippen molar-refractivity contribution < 1.29 is 9.59 Å². The summed E-state index contributed by atoms with van der Waals surface area (Å²) in [7, 11) is 5.78. The van der Waals surface area contributed by atoms with E-state index in [-0.39, 0.29) is 11.9 Å². The first-order valence-corrected chi connectivity index (χ1v) is 9.97. The molecule has 27 heavy (non-hydrogen) atoms. The fraction of sp³-hybridized carbons (Fsp3) is 0.619. The van der Waals surface area contributed by atoms with Crippen LogP contribution in [-0.4, -0.2) is 51.1 Å². The Balaban J connectivity index is 1.62. The standard InChI is InChI=1S/C21H34N4O2/c1-24(2)19-11-9-18(10-12-19)16-25(3)21(27)23-14-13-22-20(26)15-17-7-5-4-6-8-17/h9-12,17H,4-8,13-16H2,1-3H3,(H,22,26)(H,23,27). The Morgan fingerprint density at radius 1 is 0.963 bits per heavy atom. The van der Waals surface area contributed by atoms with Crippen LogP contribution in [0.1, 0.15) is 44.1 Å². The number of carbonyl (C=O) groups is 2. The van der Waals surface area contributed by atoms with Crippen LogP contribution in [0.25, 0.3) is 0 Å². The lowest BCUT2D eigenvalue weighted by Crippen LogP contribution is -2.41. The zero-order valence-electron chi connectivity index (χ0n) is 17.0. The van der Waals surface area contributed by atoms with Crippen LogP contribution >= 0.6 is 0 Å². The van der Waals surface area contributed by atoms with Crippen LogP contribution in [0.4, 0.5) is 10.5 Å².